The van der Waals surface area contributed by atoms with E-state index in [4.69, 9.17) is 4.98 Å². The lowest BCUT2D eigenvalue weighted by atomic mass is 9.97. The Morgan fingerprint density at radius 2 is 2.00 bits per heavy atom. The Morgan fingerprint density at radius 3 is 2.63 bits per heavy atom. The molecular weight excluding hydrogens is 252 g/mol. The summed E-state index contributed by atoms with van der Waals surface area (Å²) < 4.78 is 0. The van der Waals surface area contributed by atoms with Crippen molar-refractivity contribution in [2.75, 3.05) is 6.54 Å². The van der Waals surface area contributed by atoms with Gasteiger partial charge in [-0.05, 0) is 38.6 Å². The molecule has 2 aliphatic rings. The van der Waals surface area contributed by atoms with E-state index < -0.39 is 0 Å². The maximum Gasteiger partial charge on any atom is 0.113 e. The van der Waals surface area contributed by atoms with Gasteiger partial charge >= 0.3 is 0 Å². The zero-order valence-corrected chi connectivity index (χ0v) is 12.9. The quantitative estimate of drug-likeness (QED) is 0.864. The Bertz CT molecular complexity index is 401. The van der Waals surface area contributed by atoms with Gasteiger partial charge in [-0.2, -0.15) is 0 Å². The first-order valence-electron chi connectivity index (χ1n) is 7.96. The second-order valence-corrected chi connectivity index (χ2v) is 7.31. The van der Waals surface area contributed by atoms with Gasteiger partial charge in [0.2, 0.25) is 0 Å². The first-order chi connectivity index (χ1) is 9.28. The number of hydrogen-bond acceptors (Lipinski definition) is 3. The molecule has 0 aliphatic heterocycles. The van der Waals surface area contributed by atoms with Crippen LogP contribution >= 0.6 is 11.3 Å². The van der Waals surface area contributed by atoms with Crippen LogP contribution in [0.3, 0.4) is 0 Å². The smallest absolute Gasteiger partial charge is 0.113 e. The fourth-order valence-electron chi connectivity index (χ4n) is 3.83. The van der Waals surface area contributed by atoms with E-state index in [1.54, 1.807) is 0 Å². The van der Waals surface area contributed by atoms with E-state index in [9.17, 15) is 0 Å². The van der Waals surface area contributed by atoms with Crippen molar-refractivity contribution in [1.82, 2.24) is 10.3 Å². The van der Waals surface area contributed by atoms with E-state index in [0.29, 0.717) is 0 Å². The normalized spacial score (nSPS) is 23.2. The monoisotopic (exact) mass is 278 g/mol. The van der Waals surface area contributed by atoms with Crippen molar-refractivity contribution < 1.29 is 0 Å². The van der Waals surface area contributed by atoms with Gasteiger partial charge in [0.05, 0.1) is 5.54 Å². The third kappa shape index (κ3) is 3.03. The molecule has 106 valence electrons. The van der Waals surface area contributed by atoms with Crippen molar-refractivity contribution in [1.29, 1.82) is 0 Å². The molecule has 0 aromatic carbocycles. The molecule has 1 heterocycles. The molecule has 0 amide bonds. The highest BCUT2D eigenvalue weighted by atomic mass is 32.1. The minimum atomic E-state index is 0.220. The average molecular weight is 278 g/mol. The lowest BCUT2D eigenvalue weighted by Gasteiger charge is -2.29. The zero-order valence-electron chi connectivity index (χ0n) is 12.1. The number of aromatic nitrogens is 1. The van der Waals surface area contributed by atoms with Crippen molar-refractivity contribution in [3.63, 3.8) is 0 Å². The molecule has 3 rings (SSSR count). The number of rotatable bonds is 5. The highest BCUT2D eigenvalue weighted by Gasteiger charge is 2.37. The van der Waals surface area contributed by atoms with E-state index >= 15 is 0 Å². The van der Waals surface area contributed by atoms with Gasteiger partial charge in [-0.1, -0.05) is 38.5 Å². The molecule has 0 unspecified atom stereocenters. The fraction of sp³-hybridized carbons (Fsp3) is 0.812. The predicted molar refractivity (Wildman–Crippen MR) is 81.6 cm³/mol. The summed E-state index contributed by atoms with van der Waals surface area (Å²) in [7, 11) is 0. The zero-order chi connectivity index (χ0) is 13.1. The lowest BCUT2D eigenvalue weighted by Crippen LogP contribution is -2.40. The minimum absolute atomic E-state index is 0.220. The van der Waals surface area contributed by atoms with Crippen LogP contribution < -0.4 is 5.32 Å². The summed E-state index contributed by atoms with van der Waals surface area (Å²) in [4.78, 5) is 4.77. The molecule has 3 heteroatoms. The van der Waals surface area contributed by atoms with Gasteiger partial charge < -0.3 is 5.32 Å². The van der Waals surface area contributed by atoms with Crippen LogP contribution in [-0.2, 0) is 5.54 Å². The molecule has 1 aromatic heterocycles. The largest absolute Gasteiger partial charge is 0.305 e. The van der Waals surface area contributed by atoms with Crippen LogP contribution in [0.1, 0.15) is 68.5 Å². The molecule has 0 spiro atoms. The summed E-state index contributed by atoms with van der Waals surface area (Å²) >= 11 is 1.85. The molecular formula is C16H26N2S. The molecule has 2 saturated carbocycles. The Hall–Kier alpha value is -0.410. The lowest BCUT2D eigenvalue weighted by molar-refractivity contribution is 0.322. The van der Waals surface area contributed by atoms with Crippen LogP contribution in [0.5, 0.6) is 0 Å². The molecule has 1 aromatic rings. The van der Waals surface area contributed by atoms with E-state index in [-0.39, 0.29) is 5.54 Å². The Balaban J connectivity index is 1.60. The van der Waals surface area contributed by atoms with Crippen LogP contribution in [0, 0.1) is 12.8 Å². The molecule has 1 N–H and O–H groups in total. The van der Waals surface area contributed by atoms with Gasteiger partial charge in [-0.25, -0.2) is 4.98 Å². The Morgan fingerprint density at radius 1 is 1.26 bits per heavy atom. The second kappa shape index (κ2) is 5.92. The predicted octanol–water partition coefficient (Wildman–Crippen LogP) is 4.39. The molecule has 2 aliphatic carbocycles. The standard InChI is InChI=1S/C16H26N2S/c1-13-12-19-15(18-13)16(9-4-5-10-16)17-11-8-14-6-2-3-7-14/h12,14,17H,2-11H2,1H3. The Kier molecular flexibility index (Phi) is 4.23. The third-order valence-electron chi connectivity index (χ3n) is 4.98. The van der Waals surface area contributed by atoms with Crippen molar-refractivity contribution >= 4 is 11.3 Å². The molecule has 0 radical (unpaired) electrons. The Labute approximate surface area is 121 Å². The number of thiazole rings is 1. The summed E-state index contributed by atoms with van der Waals surface area (Å²) in [5.74, 6) is 0.990. The molecule has 2 nitrogen and oxygen atoms in total. The van der Waals surface area contributed by atoms with Gasteiger partial charge in [-0.15, -0.1) is 11.3 Å². The van der Waals surface area contributed by atoms with Crippen molar-refractivity contribution in [2.45, 2.75) is 70.3 Å². The van der Waals surface area contributed by atoms with Crippen LogP contribution in [0.25, 0.3) is 0 Å². The first-order valence-corrected chi connectivity index (χ1v) is 8.84. The summed E-state index contributed by atoms with van der Waals surface area (Å²) in [6, 6.07) is 0. The van der Waals surface area contributed by atoms with Gasteiger partial charge in [-0.3, -0.25) is 0 Å². The van der Waals surface area contributed by atoms with Gasteiger partial charge in [0.25, 0.3) is 0 Å². The molecule has 0 atom stereocenters. The van der Waals surface area contributed by atoms with Crippen LogP contribution in [0.2, 0.25) is 0 Å². The minimum Gasteiger partial charge on any atom is -0.305 e. The number of aryl methyl sites for hydroxylation is 1. The SMILES string of the molecule is Cc1csc(C2(NCCC3CCCC3)CCCC2)n1. The van der Waals surface area contributed by atoms with E-state index in [1.807, 2.05) is 11.3 Å². The van der Waals surface area contributed by atoms with Crippen LogP contribution in [0.4, 0.5) is 0 Å². The van der Waals surface area contributed by atoms with Gasteiger partial charge in [0.15, 0.2) is 0 Å². The average Bonchev–Trinajstić information content (AvgIpc) is 3.10. The molecule has 2 fully saturated rings. The molecule has 0 bridgehead atoms. The summed E-state index contributed by atoms with van der Waals surface area (Å²) in [5.41, 5.74) is 1.40. The topological polar surface area (TPSA) is 24.9 Å². The van der Waals surface area contributed by atoms with Crippen LogP contribution in [0.15, 0.2) is 5.38 Å². The van der Waals surface area contributed by atoms with E-state index in [1.165, 1.54) is 75.0 Å². The maximum atomic E-state index is 4.77. The highest BCUT2D eigenvalue weighted by molar-refractivity contribution is 7.09. The van der Waals surface area contributed by atoms with Gasteiger partial charge in [0.1, 0.15) is 5.01 Å². The summed E-state index contributed by atoms with van der Waals surface area (Å²) in [6.07, 6.45) is 12.5. The molecule has 19 heavy (non-hydrogen) atoms. The molecule has 0 saturated heterocycles. The van der Waals surface area contributed by atoms with E-state index in [0.717, 1.165) is 5.92 Å². The second-order valence-electron chi connectivity index (χ2n) is 6.45. The maximum absolute atomic E-state index is 4.77. The van der Waals surface area contributed by atoms with Gasteiger partial charge in [0, 0.05) is 11.1 Å². The first kappa shape index (κ1) is 13.6. The summed E-state index contributed by atoms with van der Waals surface area (Å²) in [5, 5.41) is 7.44. The summed E-state index contributed by atoms with van der Waals surface area (Å²) in [6.45, 7) is 3.30. The third-order valence-corrected chi connectivity index (χ3v) is 6.14. The fourth-order valence-corrected chi connectivity index (χ4v) is 4.87. The van der Waals surface area contributed by atoms with E-state index in [2.05, 4.69) is 17.6 Å². The van der Waals surface area contributed by atoms with Crippen molar-refractivity contribution in [3.05, 3.63) is 16.1 Å². The van der Waals surface area contributed by atoms with Crippen LogP contribution in [-0.4, -0.2) is 11.5 Å². The van der Waals surface area contributed by atoms with Crippen molar-refractivity contribution in [2.24, 2.45) is 5.92 Å². The number of nitrogens with zero attached hydrogens (tertiary/aromatic N) is 1. The highest BCUT2D eigenvalue weighted by Crippen LogP contribution is 2.40. The van der Waals surface area contributed by atoms with Crippen molar-refractivity contribution in [3.8, 4) is 0 Å². The number of nitrogens with one attached hydrogen (secondary N) is 1. The number of hydrogen-bond donors (Lipinski definition) is 1.